The molecule has 1 amide bonds. The van der Waals surface area contributed by atoms with Gasteiger partial charge in [-0.2, -0.15) is 10.1 Å². The first-order valence-corrected chi connectivity index (χ1v) is 12.2. The topological polar surface area (TPSA) is 100 Å². The third kappa shape index (κ3) is 6.42. The molecule has 4 rings (SSSR count). The van der Waals surface area contributed by atoms with Crippen LogP contribution < -0.4 is 16.0 Å². The fourth-order valence-electron chi connectivity index (χ4n) is 4.42. The summed E-state index contributed by atoms with van der Waals surface area (Å²) in [6.45, 7) is 4.35. The van der Waals surface area contributed by atoms with E-state index in [0.29, 0.717) is 18.2 Å². The normalized spacial score (nSPS) is 18.8. The number of amides is 1. The monoisotopic (exact) mass is 512 g/mol. The predicted molar refractivity (Wildman–Crippen MR) is 127 cm³/mol. The second-order valence-electron chi connectivity index (χ2n) is 9.60. The lowest BCUT2D eigenvalue weighted by atomic mass is 9.81. The Hall–Kier alpha value is -2.96. The van der Waals surface area contributed by atoms with Crippen LogP contribution in [0.3, 0.4) is 0 Å². The molecule has 0 radical (unpaired) electrons. The maximum Gasteiger partial charge on any atom is 0.268 e. The van der Waals surface area contributed by atoms with Crippen molar-refractivity contribution in [2.75, 3.05) is 43.9 Å². The minimum absolute atomic E-state index is 0.00664. The van der Waals surface area contributed by atoms with Gasteiger partial charge in [-0.1, -0.05) is 0 Å². The molecule has 36 heavy (non-hydrogen) atoms. The smallest absolute Gasteiger partial charge is 0.268 e. The number of alkyl halides is 4. The Morgan fingerprint density at radius 1 is 1.22 bits per heavy atom. The zero-order valence-corrected chi connectivity index (χ0v) is 20.4. The summed E-state index contributed by atoms with van der Waals surface area (Å²) in [5, 5.41) is 13.2. The van der Waals surface area contributed by atoms with Crippen molar-refractivity contribution in [2.45, 2.75) is 57.4 Å². The number of carbonyl (C=O) groups is 1. The predicted octanol–water partition coefficient (Wildman–Crippen LogP) is 3.89. The quantitative estimate of drug-likeness (QED) is 0.328. The highest BCUT2D eigenvalue weighted by atomic mass is 19.3. The van der Waals surface area contributed by atoms with Gasteiger partial charge in [0, 0.05) is 44.2 Å². The highest BCUT2D eigenvalue weighted by molar-refractivity contribution is 5.79. The number of likely N-dealkylation sites (tertiary alicyclic amines) is 1. The molecule has 0 spiro atoms. The molecule has 3 heterocycles. The molecule has 2 aliphatic rings. The lowest BCUT2D eigenvalue weighted by molar-refractivity contribution is -0.150. The van der Waals surface area contributed by atoms with Crippen LogP contribution in [-0.4, -0.2) is 69.7 Å². The van der Waals surface area contributed by atoms with Crippen LogP contribution in [0, 0.1) is 12.8 Å². The van der Waals surface area contributed by atoms with Gasteiger partial charge < -0.3 is 20.9 Å². The minimum Gasteiger partial charge on any atom is -0.369 e. The van der Waals surface area contributed by atoms with E-state index in [1.165, 1.54) is 0 Å². The molecule has 13 heteroatoms. The molecule has 2 fully saturated rings. The van der Waals surface area contributed by atoms with Gasteiger partial charge in [0.25, 0.3) is 6.43 Å². The summed E-state index contributed by atoms with van der Waals surface area (Å²) in [6.07, 6.45) is 1.75. The van der Waals surface area contributed by atoms with E-state index in [1.807, 2.05) is 17.8 Å². The first-order valence-electron chi connectivity index (χ1n) is 12.2. The number of nitrogens with zero attached hydrogens (tertiary/aromatic N) is 5. The van der Waals surface area contributed by atoms with Crippen molar-refractivity contribution in [3.63, 3.8) is 0 Å². The molecule has 0 unspecified atom stereocenters. The molecule has 0 atom stereocenters. The Morgan fingerprint density at radius 3 is 2.61 bits per heavy atom. The molecular weight excluding hydrogens is 480 g/mol. The first kappa shape index (κ1) is 26.1. The summed E-state index contributed by atoms with van der Waals surface area (Å²) in [5.41, 5.74) is 1.12. The van der Waals surface area contributed by atoms with Crippen molar-refractivity contribution in [1.82, 2.24) is 30.0 Å². The maximum atomic E-state index is 13.5. The number of aromatic nitrogens is 4. The van der Waals surface area contributed by atoms with Crippen LogP contribution in [0.15, 0.2) is 12.4 Å². The third-order valence-electron chi connectivity index (χ3n) is 6.68. The number of anilines is 3. The second-order valence-corrected chi connectivity index (χ2v) is 9.60. The van der Waals surface area contributed by atoms with Crippen molar-refractivity contribution >= 4 is 23.4 Å². The summed E-state index contributed by atoms with van der Waals surface area (Å²) in [6, 6.07) is 0.302. The number of aryl methyl sites for hydroxylation is 1. The molecule has 1 saturated carbocycles. The standard InChI is InChI=1S/C23H32F4N8O/c1-14-18(13-35(33-14)16-4-8-34(2)9-5-16)31-22-30-12-17(19(24)25)20(32-22)28-6-3-7-29-21(36)15-10-23(26,27)11-15/h12-13,15-16,19H,3-11H2,1-2H3,(H,29,36)(H2,28,30,31,32). The van der Waals surface area contributed by atoms with E-state index in [0.717, 1.165) is 37.8 Å². The van der Waals surface area contributed by atoms with Gasteiger partial charge in [-0.05, 0) is 46.3 Å². The second kappa shape index (κ2) is 11.0. The molecule has 1 aliphatic carbocycles. The highest BCUT2D eigenvalue weighted by Crippen LogP contribution is 2.42. The molecule has 9 nitrogen and oxygen atoms in total. The lowest BCUT2D eigenvalue weighted by Crippen LogP contribution is -2.45. The van der Waals surface area contributed by atoms with Crippen molar-refractivity contribution in [1.29, 1.82) is 0 Å². The van der Waals surface area contributed by atoms with Crippen LogP contribution >= 0.6 is 0 Å². The summed E-state index contributed by atoms with van der Waals surface area (Å²) < 4.78 is 54.7. The van der Waals surface area contributed by atoms with E-state index in [4.69, 9.17) is 0 Å². The van der Waals surface area contributed by atoms with Crippen LogP contribution in [0.1, 0.15) is 55.8 Å². The molecule has 0 bridgehead atoms. The Balaban J connectivity index is 1.32. The van der Waals surface area contributed by atoms with Gasteiger partial charge >= 0.3 is 0 Å². The van der Waals surface area contributed by atoms with Gasteiger partial charge in [0.15, 0.2) is 0 Å². The molecule has 0 aromatic carbocycles. The number of nitrogens with one attached hydrogen (secondary N) is 3. The fourth-order valence-corrected chi connectivity index (χ4v) is 4.42. The zero-order valence-electron chi connectivity index (χ0n) is 20.4. The number of hydrogen-bond donors (Lipinski definition) is 3. The Bertz CT molecular complexity index is 1050. The molecule has 198 valence electrons. The maximum absolute atomic E-state index is 13.5. The van der Waals surface area contributed by atoms with E-state index >= 15 is 0 Å². The lowest BCUT2D eigenvalue weighted by Gasteiger charge is -2.33. The van der Waals surface area contributed by atoms with Gasteiger partial charge in [0.1, 0.15) is 5.82 Å². The third-order valence-corrected chi connectivity index (χ3v) is 6.68. The largest absolute Gasteiger partial charge is 0.369 e. The molecule has 2 aromatic rings. The first-order chi connectivity index (χ1) is 17.1. The van der Waals surface area contributed by atoms with E-state index < -0.39 is 37.0 Å². The molecule has 3 N–H and O–H groups in total. The highest BCUT2D eigenvalue weighted by Gasteiger charge is 2.48. The SMILES string of the molecule is Cc1nn(C2CCN(C)CC2)cc1Nc1ncc(C(F)F)c(NCCCNC(=O)C2CC(F)(F)C2)n1. The summed E-state index contributed by atoms with van der Waals surface area (Å²) in [7, 11) is 2.10. The molecule has 1 saturated heterocycles. The van der Waals surface area contributed by atoms with Crippen molar-refractivity contribution in [2.24, 2.45) is 5.92 Å². The van der Waals surface area contributed by atoms with Crippen LogP contribution in [-0.2, 0) is 4.79 Å². The van der Waals surface area contributed by atoms with Crippen LogP contribution in [0.4, 0.5) is 35.0 Å². The van der Waals surface area contributed by atoms with E-state index in [1.54, 1.807) is 0 Å². The van der Waals surface area contributed by atoms with Gasteiger partial charge in [-0.3, -0.25) is 9.48 Å². The van der Waals surface area contributed by atoms with Gasteiger partial charge in [0.05, 0.1) is 23.0 Å². The van der Waals surface area contributed by atoms with Gasteiger partial charge in [-0.25, -0.2) is 22.5 Å². The van der Waals surface area contributed by atoms with Gasteiger partial charge in [-0.15, -0.1) is 0 Å². The van der Waals surface area contributed by atoms with E-state index in [2.05, 4.69) is 43.0 Å². The van der Waals surface area contributed by atoms with Crippen molar-refractivity contribution in [3.8, 4) is 0 Å². The van der Waals surface area contributed by atoms with Gasteiger partial charge in [0.2, 0.25) is 17.8 Å². The number of rotatable bonds is 10. The van der Waals surface area contributed by atoms with Crippen LogP contribution in [0.5, 0.6) is 0 Å². The Morgan fingerprint density at radius 2 is 1.94 bits per heavy atom. The molecule has 1 aliphatic heterocycles. The summed E-state index contributed by atoms with van der Waals surface area (Å²) >= 11 is 0. The average Bonchev–Trinajstić information content (AvgIpc) is 3.17. The average molecular weight is 513 g/mol. The number of hydrogen-bond acceptors (Lipinski definition) is 7. The molecule has 2 aromatic heterocycles. The van der Waals surface area contributed by atoms with Crippen molar-refractivity contribution < 1.29 is 22.4 Å². The number of carbonyl (C=O) groups excluding carboxylic acids is 1. The van der Waals surface area contributed by atoms with E-state index in [-0.39, 0.29) is 30.4 Å². The summed E-state index contributed by atoms with van der Waals surface area (Å²) in [5.74, 6) is -3.67. The fraction of sp³-hybridized carbons (Fsp3) is 0.652. The molecular formula is C23H32F4N8O. The Kier molecular flexibility index (Phi) is 7.96. The van der Waals surface area contributed by atoms with E-state index in [9.17, 15) is 22.4 Å². The van der Waals surface area contributed by atoms with Crippen LogP contribution in [0.25, 0.3) is 0 Å². The summed E-state index contributed by atoms with van der Waals surface area (Å²) in [4.78, 5) is 22.4. The Labute approximate surface area is 207 Å². The number of halogens is 4. The minimum atomic E-state index is -2.77. The number of piperidine rings is 1. The zero-order chi connectivity index (χ0) is 25.9. The van der Waals surface area contributed by atoms with Crippen LogP contribution in [0.2, 0.25) is 0 Å². The van der Waals surface area contributed by atoms with Crippen molar-refractivity contribution in [3.05, 3.63) is 23.7 Å².